The first-order chi connectivity index (χ1) is 13.4. The molecule has 2 fully saturated rings. The van der Waals surface area contributed by atoms with Gasteiger partial charge < -0.3 is 15.0 Å². The molecule has 3 aliphatic rings. The molecule has 1 N–H and O–H groups in total. The molecular formula is C20H21F3N4O. The van der Waals surface area contributed by atoms with E-state index in [9.17, 15) is 13.2 Å². The Balaban J connectivity index is 1.37. The van der Waals surface area contributed by atoms with Crippen LogP contribution in [-0.2, 0) is 13.0 Å². The van der Waals surface area contributed by atoms with Crippen LogP contribution >= 0.6 is 0 Å². The lowest BCUT2D eigenvalue weighted by atomic mass is 9.99. The van der Waals surface area contributed by atoms with Crippen molar-refractivity contribution in [2.45, 2.75) is 57.0 Å². The highest BCUT2D eigenvalue weighted by Gasteiger charge is 2.32. The van der Waals surface area contributed by atoms with E-state index in [1.807, 2.05) is 6.07 Å². The van der Waals surface area contributed by atoms with E-state index in [1.54, 1.807) is 6.07 Å². The average Bonchev–Trinajstić information content (AvgIpc) is 3.53. The maximum Gasteiger partial charge on any atom is 0.573 e. The van der Waals surface area contributed by atoms with Crippen molar-refractivity contribution in [1.82, 2.24) is 9.97 Å². The molecular weight excluding hydrogens is 369 g/mol. The second-order valence-electron chi connectivity index (χ2n) is 7.81. The van der Waals surface area contributed by atoms with Gasteiger partial charge in [0.1, 0.15) is 23.2 Å². The van der Waals surface area contributed by atoms with Crippen LogP contribution in [0.15, 0.2) is 24.3 Å². The molecule has 0 amide bonds. The van der Waals surface area contributed by atoms with Gasteiger partial charge in [0.15, 0.2) is 0 Å². The second-order valence-corrected chi connectivity index (χ2v) is 7.81. The van der Waals surface area contributed by atoms with Crippen molar-refractivity contribution < 1.29 is 17.9 Å². The van der Waals surface area contributed by atoms with Crippen LogP contribution in [-0.4, -0.2) is 28.9 Å². The molecule has 0 atom stereocenters. The van der Waals surface area contributed by atoms with Gasteiger partial charge in [-0.15, -0.1) is 13.2 Å². The van der Waals surface area contributed by atoms with Crippen LogP contribution in [0.2, 0.25) is 0 Å². The molecule has 0 bridgehead atoms. The minimum Gasteiger partial charge on any atom is -0.406 e. The number of hydrogen-bond acceptors (Lipinski definition) is 5. The normalized spacial score (nSPS) is 19.3. The summed E-state index contributed by atoms with van der Waals surface area (Å²) >= 11 is 0. The van der Waals surface area contributed by atoms with Gasteiger partial charge in [-0.05, 0) is 55.4 Å². The first kappa shape index (κ1) is 17.6. The average molecular weight is 390 g/mol. The fourth-order valence-corrected chi connectivity index (χ4v) is 3.57. The van der Waals surface area contributed by atoms with Crippen molar-refractivity contribution in [3.8, 4) is 5.75 Å². The predicted molar refractivity (Wildman–Crippen MR) is 98.5 cm³/mol. The molecule has 2 saturated carbocycles. The summed E-state index contributed by atoms with van der Waals surface area (Å²) < 4.78 is 41.4. The van der Waals surface area contributed by atoms with Crippen LogP contribution in [0.25, 0.3) is 0 Å². The first-order valence-electron chi connectivity index (χ1n) is 9.71. The smallest absolute Gasteiger partial charge is 0.406 e. The first-order valence-corrected chi connectivity index (χ1v) is 9.71. The molecule has 28 heavy (non-hydrogen) atoms. The van der Waals surface area contributed by atoms with E-state index in [1.165, 1.54) is 25.0 Å². The Morgan fingerprint density at radius 2 is 1.86 bits per heavy atom. The zero-order chi connectivity index (χ0) is 19.3. The lowest BCUT2D eigenvalue weighted by molar-refractivity contribution is -0.274. The van der Waals surface area contributed by atoms with Crippen LogP contribution in [0, 0.1) is 0 Å². The number of halogens is 3. The summed E-state index contributed by atoms with van der Waals surface area (Å²) in [6, 6.07) is 7.11. The third-order valence-electron chi connectivity index (χ3n) is 5.35. The standard InChI is InChI=1S/C20H21F3N4O/c21-20(22,23)28-16-6-3-14-11-27(8-7-13(14)9-16)18-10-17(24-15-4-5-15)25-19(26-18)12-1-2-12/h3,6,9-10,12,15H,1-2,4-5,7-8,11H2,(H,24,25,26). The van der Waals surface area contributed by atoms with Crippen molar-refractivity contribution in [1.29, 1.82) is 0 Å². The van der Waals surface area contributed by atoms with Crippen molar-refractivity contribution >= 4 is 11.6 Å². The van der Waals surface area contributed by atoms with Crippen LogP contribution in [0.1, 0.15) is 48.6 Å². The number of aromatic nitrogens is 2. The number of nitrogens with zero attached hydrogens (tertiary/aromatic N) is 3. The highest BCUT2D eigenvalue weighted by atomic mass is 19.4. The predicted octanol–water partition coefficient (Wildman–Crippen LogP) is 4.39. The van der Waals surface area contributed by atoms with E-state index in [0.29, 0.717) is 31.5 Å². The molecule has 0 radical (unpaired) electrons. The number of hydrogen-bond donors (Lipinski definition) is 1. The van der Waals surface area contributed by atoms with Crippen LogP contribution in [0.4, 0.5) is 24.8 Å². The molecule has 1 aliphatic heterocycles. The summed E-state index contributed by atoms with van der Waals surface area (Å²) in [5.41, 5.74) is 1.90. The fraction of sp³-hybridized carbons (Fsp3) is 0.500. The van der Waals surface area contributed by atoms with E-state index >= 15 is 0 Å². The number of ether oxygens (including phenoxy) is 1. The maximum atomic E-state index is 12.4. The summed E-state index contributed by atoms with van der Waals surface area (Å²) in [4.78, 5) is 11.7. The van der Waals surface area contributed by atoms with Gasteiger partial charge in [-0.25, -0.2) is 9.97 Å². The number of alkyl halides is 3. The third kappa shape index (κ3) is 4.00. The summed E-state index contributed by atoms with van der Waals surface area (Å²) in [6.07, 6.45) is 0.613. The van der Waals surface area contributed by atoms with E-state index in [-0.39, 0.29) is 5.75 Å². The van der Waals surface area contributed by atoms with Gasteiger partial charge in [0.05, 0.1) is 0 Å². The van der Waals surface area contributed by atoms with Crippen molar-refractivity contribution in [3.05, 3.63) is 41.2 Å². The molecule has 148 valence electrons. The lowest BCUT2D eigenvalue weighted by Crippen LogP contribution is -2.31. The quantitative estimate of drug-likeness (QED) is 0.821. The molecule has 0 unspecified atom stereocenters. The number of anilines is 2. The van der Waals surface area contributed by atoms with Crippen molar-refractivity contribution in [2.24, 2.45) is 0 Å². The molecule has 0 saturated heterocycles. The van der Waals surface area contributed by atoms with Crippen molar-refractivity contribution in [3.63, 3.8) is 0 Å². The van der Waals surface area contributed by atoms with Crippen LogP contribution in [0.5, 0.6) is 5.75 Å². The fourth-order valence-electron chi connectivity index (χ4n) is 3.57. The van der Waals surface area contributed by atoms with Gasteiger partial charge in [-0.3, -0.25) is 0 Å². The Hall–Kier alpha value is -2.51. The highest BCUT2D eigenvalue weighted by molar-refractivity contribution is 5.53. The lowest BCUT2D eigenvalue weighted by Gasteiger charge is -2.30. The minimum absolute atomic E-state index is 0.159. The van der Waals surface area contributed by atoms with Gasteiger partial charge in [-0.1, -0.05) is 6.07 Å². The Bertz CT molecular complexity index is 894. The zero-order valence-electron chi connectivity index (χ0n) is 15.3. The SMILES string of the molecule is FC(F)(F)Oc1ccc2c(c1)CCN(c1cc(NC3CC3)nc(C3CC3)n1)C2. The monoisotopic (exact) mass is 390 g/mol. The van der Waals surface area contributed by atoms with Crippen LogP contribution in [0.3, 0.4) is 0 Å². The molecule has 5 nitrogen and oxygen atoms in total. The Labute approximate surface area is 160 Å². The Kier molecular flexibility index (Phi) is 4.10. The van der Waals surface area contributed by atoms with E-state index in [2.05, 4.69) is 19.9 Å². The Morgan fingerprint density at radius 1 is 1.04 bits per heavy atom. The van der Waals surface area contributed by atoms with Gasteiger partial charge >= 0.3 is 6.36 Å². The molecule has 0 spiro atoms. The molecule has 5 rings (SSSR count). The second kappa shape index (κ2) is 6.53. The largest absolute Gasteiger partial charge is 0.573 e. The van der Waals surface area contributed by atoms with Gasteiger partial charge in [0.2, 0.25) is 0 Å². The molecule has 8 heteroatoms. The zero-order valence-corrected chi connectivity index (χ0v) is 15.3. The topological polar surface area (TPSA) is 50.3 Å². The van der Waals surface area contributed by atoms with E-state index < -0.39 is 6.36 Å². The number of benzene rings is 1. The third-order valence-corrected chi connectivity index (χ3v) is 5.35. The van der Waals surface area contributed by atoms with Crippen LogP contribution < -0.4 is 15.0 Å². The molecule has 1 aromatic heterocycles. The highest BCUT2D eigenvalue weighted by Crippen LogP contribution is 2.40. The molecule has 1 aromatic carbocycles. The Morgan fingerprint density at radius 3 is 2.57 bits per heavy atom. The molecule has 2 heterocycles. The summed E-state index contributed by atoms with van der Waals surface area (Å²) in [7, 11) is 0. The van der Waals surface area contributed by atoms with Gasteiger partial charge in [-0.2, -0.15) is 0 Å². The molecule has 2 aromatic rings. The number of fused-ring (bicyclic) bond motifs is 1. The number of nitrogens with one attached hydrogen (secondary N) is 1. The van der Waals surface area contributed by atoms with Gasteiger partial charge in [0.25, 0.3) is 0 Å². The minimum atomic E-state index is -4.67. The van der Waals surface area contributed by atoms with E-state index in [4.69, 9.17) is 4.98 Å². The summed E-state index contributed by atoms with van der Waals surface area (Å²) in [6.45, 7) is 1.32. The van der Waals surface area contributed by atoms with Crippen molar-refractivity contribution in [2.75, 3.05) is 16.8 Å². The molecule has 2 aliphatic carbocycles. The number of rotatable bonds is 5. The van der Waals surface area contributed by atoms with E-state index in [0.717, 1.165) is 41.4 Å². The summed E-state index contributed by atoms with van der Waals surface area (Å²) in [5, 5.41) is 3.47. The van der Waals surface area contributed by atoms with Gasteiger partial charge in [0, 0.05) is 31.1 Å². The maximum absolute atomic E-state index is 12.4. The summed E-state index contributed by atoms with van der Waals surface area (Å²) in [5.74, 6) is 2.98.